The number of nitrogens with zero attached hydrogens (tertiary/aromatic N) is 2. The molecule has 1 fully saturated rings. The van der Waals surface area contributed by atoms with Gasteiger partial charge < -0.3 is 14.7 Å². The zero-order valence-electron chi connectivity index (χ0n) is 21.1. The molecule has 0 amide bonds. The Morgan fingerprint density at radius 1 is 1.03 bits per heavy atom. The molecule has 0 radical (unpaired) electrons. The van der Waals surface area contributed by atoms with E-state index >= 15 is 0 Å². The molecule has 1 aliphatic rings. The van der Waals surface area contributed by atoms with Crippen molar-refractivity contribution in [2.24, 2.45) is 0 Å². The predicted molar refractivity (Wildman–Crippen MR) is 150 cm³/mol. The fraction of sp³-hybridized carbons (Fsp3) is 0.290. The third-order valence-electron chi connectivity index (χ3n) is 7.06. The van der Waals surface area contributed by atoms with Crippen molar-refractivity contribution in [1.29, 1.82) is 0 Å². The smallest absolute Gasteiger partial charge is 0.335 e. The Labute approximate surface area is 222 Å². The van der Waals surface area contributed by atoms with Gasteiger partial charge in [-0.15, -0.1) is 11.3 Å². The van der Waals surface area contributed by atoms with E-state index in [0.717, 1.165) is 40.3 Å². The topological polar surface area (TPSA) is 62.7 Å². The van der Waals surface area contributed by atoms with E-state index in [4.69, 9.17) is 14.8 Å². The fourth-order valence-electron chi connectivity index (χ4n) is 4.97. The summed E-state index contributed by atoms with van der Waals surface area (Å²) in [6, 6.07) is 23.9. The SMILES string of the molecule is CCN(c1ccc(C(=O)O)cc1)c1nc(-c2cccc(OCc3ccc(C4CCCCC4)cc3)c2)cs1. The lowest BCUT2D eigenvalue weighted by Gasteiger charge is -2.22. The zero-order chi connectivity index (χ0) is 25.6. The second kappa shape index (κ2) is 11.6. The molecule has 1 aromatic heterocycles. The van der Waals surface area contributed by atoms with E-state index < -0.39 is 5.97 Å². The summed E-state index contributed by atoms with van der Waals surface area (Å²) < 4.78 is 6.13. The maximum absolute atomic E-state index is 11.2. The fourth-order valence-corrected chi connectivity index (χ4v) is 5.89. The van der Waals surface area contributed by atoms with Crippen molar-refractivity contribution >= 4 is 28.1 Å². The van der Waals surface area contributed by atoms with Crippen LogP contribution in [0.4, 0.5) is 10.8 Å². The van der Waals surface area contributed by atoms with Crippen molar-refractivity contribution in [3.8, 4) is 17.0 Å². The van der Waals surface area contributed by atoms with E-state index in [1.165, 1.54) is 43.2 Å². The van der Waals surface area contributed by atoms with E-state index in [-0.39, 0.29) is 5.56 Å². The molecule has 6 heteroatoms. The van der Waals surface area contributed by atoms with Gasteiger partial charge >= 0.3 is 5.97 Å². The van der Waals surface area contributed by atoms with Crippen LogP contribution in [0.5, 0.6) is 5.75 Å². The Morgan fingerprint density at radius 2 is 1.78 bits per heavy atom. The molecule has 0 unspecified atom stereocenters. The maximum atomic E-state index is 11.2. The number of carboxylic acid groups (broad SMARTS) is 1. The predicted octanol–water partition coefficient (Wildman–Crippen LogP) is 8.29. The minimum Gasteiger partial charge on any atom is -0.489 e. The van der Waals surface area contributed by atoms with Crippen LogP contribution in [-0.4, -0.2) is 22.6 Å². The van der Waals surface area contributed by atoms with Crippen molar-refractivity contribution in [1.82, 2.24) is 4.98 Å². The highest BCUT2D eigenvalue weighted by atomic mass is 32.1. The van der Waals surface area contributed by atoms with Gasteiger partial charge in [-0.1, -0.05) is 55.7 Å². The molecule has 1 saturated carbocycles. The number of aromatic nitrogens is 1. The quantitative estimate of drug-likeness (QED) is 0.244. The number of carbonyl (C=O) groups is 1. The third kappa shape index (κ3) is 6.03. The number of benzene rings is 3. The Morgan fingerprint density at radius 3 is 2.49 bits per heavy atom. The highest BCUT2D eigenvalue weighted by Gasteiger charge is 2.16. The van der Waals surface area contributed by atoms with Crippen molar-refractivity contribution in [3.63, 3.8) is 0 Å². The molecule has 0 spiro atoms. The van der Waals surface area contributed by atoms with Gasteiger partial charge in [-0.05, 0) is 73.2 Å². The summed E-state index contributed by atoms with van der Waals surface area (Å²) in [6.45, 7) is 3.32. The van der Waals surface area contributed by atoms with Gasteiger partial charge in [0.2, 0.25) is 0 Å². The third-order valence-corrected chi connectivity index (χ3v) is 7.92. The standard InChI is InChI=1S/C31H32N2O3S/c1-2-33(27-17-15-25(16-18-27)30(34)35)31-32-29(21-37-31)26-9-6-10-28(19-26)36-20-22-11-13-24(14-12-22)23-7-4-3-5-8-23/h6,9-19,21,23H,2-5,7-8,20H2,1H3,(H,34,35). The molecule has 5 rings (SSSR count). The number of ether oxygens (including phenoxy) is 1. The minimum absolute atomic E-state index is 0.275. The minimum atomic E-state index is -0.926. The molecule has 190 valence electrons. The van der Waals surface area contributed by atoms with Gasteiger partial charge in [0.25, 0.3) is 0 Å². The van der Waals surface area contributed by atoms with Gasteiger partial charge in [0, 0.05) is 23.2 Å². The van der Waals surface area contributed by atoms with Gasteiger partial charge in [-0.3, -0.25) is 0 Å². The van der Waals surface area contributed by atoms with E-state index in [0.29, 0.717) is 6.61 Å². The number of hydrogen-bond donors (Lipinski definition) is 1. The maximum Gasteiger partial charge on any atom is 0.335 e. The number of rotatable bonds is 9. The van der Waals surface area contributed by atoms with Crippen LogP contribution in [-0.2, 0) is 6.61 Å². The number of carboxylic acids is 1. The molecule has 1 aliphatic carbocycles. The molecule has 0 atom stereocenters. The average molecular weight is 513 g/mol. The van der Waals surface area contributed by atoms with Gasteiger partial charge in [0.05, 0.1) is 11.3 Å². The van der Waals surface area contributed by atoms with Crippen LogP contribution in [0.2, 0.25) is 0 Å². The Hall–Kier alpha value is -3.64. The van der Waals surface area contributed by atoms with Crippen LogP contribution < -0.4 is 9.64 Å². The second-order valence-corrected chi connectivity index (χ2v) is 10.3. The van der Waals surface area contributed by atoms with Crippen molar-refractivity contribution in [2.45, 2.75) is 51.6 Å². The molecule has 37 heavy (non-hydrogen) atoms. The number of aromatic carboxylic acids is 1. The summed E-state index contributed by atoms with van der Waals surface area (Å²) in [7, 11) is 0. The normalized spacial score (nSPS) is 13.9. The van der Waals surface area contributed by atoms with Gasteiger partial charge in [-0.25, -0.2) is 9.78 Å². The first-order valence-corrected chi connectivity index (χ1v) is 13.9. The largest absolute Gasteiger partial charge is 0.489 e. The number of anilines is 2. The van der Waals surface area contributed by atoms with Gasteiger partial charge in [0.15, 0.2) is 5.13 Å². The molecular weight excluding hydrogens is 480 g/mol. The van der Waals surface area contributed by atoms with E-state index in [1.54, 1.807) is 23.5 Å². The highest BCUT2D eigenvalue weighted by molar-refractivity contribution is 7.14. The van der Waals surface area contributed by atoms with Crippen LogP contribution in [0.1, 0.15) is 66.4 Å². The summed E-state index contributed by atoms with van der Waals surface area (Å²) in [5, 5.41) is 12.1. The monoisotopic (exact) mass is 512 g/mol. The highest BCUT2D eigenvalue weighted by Crippen LogP contribution is 2.34. The van der Waals surface area contributed by atoms with Crippen molar-refractivity contribution < 1.29 is 14.6 Å². The lowest BCUT2D eigenvalue weighted by molar-refractivity contribution is 0.0697. The Balaban J connectivity index is 1.24. The molecule has 0 bridgehead atoms. The van der Waals surface area contributed by atoms with Crippen LogP contribution in [0.3, 0.4) is 0 Å². The summed E-state index contributed by atoms with van der Waals surface area (Å²) in [5.74, 6) is 0.612. The first-order valence-electron chi connectivity index (χ1n) is 13.0. The molecule has 1 heterocycles. The first-order chi connectivity index (χ1) is 18.1. The Bertz CT molecular complexity index is 1330. The Kier molecular flexibility index (Phi) is 7.85. The molecule has 4 aromatic rings. The van der Waals surface area contributed by atoms with E-state index in [1.807, 2.05) is 41.8 Å². The van der Waals surface area contributed by atoms with Crippen molar-refractivity contribution in [3.05, 3.63) is 94.9 Å². The average Bonchev–Trinajstić information content (AvgIpc) is 3.44. The van der Waals surface area contributed by atoms with Crippen LogP contribution in [0.25, 0.3) is 11.3 Å². The van der Waals surface area contributed by atoms with Crippen LogP contribution in [0, 0.1) is 0 Å². The molecule has 0 aliphatic heterocycles. The lowest BCUT2D eigenvalue weighted by atomic mass is 9.84. The van der Waals surface area contributed by atoms with Crippen LogP contribution in [0.15, 0.2) is 78.2 Å². The molecule has 5 nitrogen and oxygen atoms in total. The molecule has 1 N–H and O–H groups in total. The van der Waals surface area contributed by atoms with Gasteiger partial charge in [-0.2, -0.15) is 0 Å². The first kappa shape index (κ1) is 25.0. The summed E-state index contributed by atoms with van der Waals surface area (Å²) in [4.78, 5) is 18.1. The summed E-state index contributed by atoms with van der Waals surface area (Å²) in [6.07, 6.45) is 6.70. The zero-order valence-corrected chi connectivity index (χ0v) is 21.9. The molecule has 0 saturated heterocycles. The van der Waals surface area contributed by atoms with E-state index in [2.05, 4.69) is 36.1 Å². The van der Waals surface area contributed by atoms with Crippen molar-refractivity contribution in [2.75, 3.05) is 11.4 Å². The molecular formula is C31H32N2O3S. The van der Waals surface area contributed by atoms with Gasteiger partial charge in [0.1, 0.15) is 12.4 Å². The summed E-state index contributed by atoms with van der Waals surface area (Å²) in [5.41, 5.74) is 5.72. The lowest BCUT2D eigenvalue weighted by Crippen LogP contribution is -2.15. The second-order valence-electron chi connectivity index (χ2n) is 9.50. The number of thiazole rings is 1. The summed E-state index contributed by atoms with van der Waals surface area (Å²) >= 11 is 1.57. The molecule has 3 aromatic carbocycles. The van der Waals surface area contributed by atoms with Crippen LogP contribution >= 0.6 is 11.3 Å². The van der Waals surface area contributed by atoms with E-state index in [9.17, 15) is 4.79 Å². The number of hydrogen-bond acceptors (Lipinski definition) is 5.